The van der Waals surface area contributed by atoms with Crippen molar-refractivity contribution in [3.63, 3.8) is 0 Å². The van der Waals surface area contributed by atoms with E-state index in [4.69, 9.17) is 4.74 Å². The Balaban J connectivity index is 1.77. The van der Waals surface area contributed by atoms with Gasteiger partial charge in [-0.3, -0.25) is 4.90 Å². The molecule has 1 unspecified atom stereocenters. The number of nitrogens with one attached hydrogen (secondary N) is 1. The summed E-state index contributed by atoms with van der Waals surface area (Å²) in [6.07, 6.45) is 4.17. The van der Waals surface area contributed by atoms with Gasteiger partial charge in [0.25, 0.3) is 0 Å². The van der Waals surface area contributed by atoms with Gasteiger partial charge in [0.2, 0.25) is 0 Å². The van der Waals surface area contributed by atoms with Crippen molar-refractivity contribution in [3.05, 3.63) is 0 Å². The molecule has 0 amide bonds. The first kappa shape index (κ1) is 10.4. The second-order valence-corrected chi connectivity index (χ2v) is 4.55. The van der Waals surface area contributed by atoms with Gasteiger partial charge in [-0.2, -0.15) is 0 Å². The second kappa shape index (κ2) is 5.10. The molecule has 0 spiro atoms. The third-order valence-electron chi connectivity index (χ3n) is 3.32. The molecule has 1 aliphatic carbocycles. The normalized spacial score (nSPS) is 30.2. The molecule has 2 rings (SSSR count). The van der Waals surface area contributed by atoms with Gasteiger partial charge < -0.3 is 10.1 Å². The van der Waals surface area contributed by atoms with E-state index in [9.17, 15) is 0 Å². The molecule has 3 nitrogen and oxygen atoms in total. The van der Waals surface area contributed by atoms with E-state index in [1.165, 1.54) is 38.9 Å². The predicted molar refractivity (Wildman–Crippen MR) is 57.4 cm³/mol. The zero-order chi connectivity index (χ0) is 9.80. The third kappa shape index (κ3) is 2.94. The summed E-state index contributed by atoms with van der Waals surface area (Å²) in [4.78, 5) is 2.55. The highest BCUT2D eigenvalue weighted by atomic mass is 16.5. The molecule has 1 N–H and O–H groups in total. The number of nitrogens with zero attached hydrogens (tertiary/aromatic N) is 1. The first-order valence-electron chi connectivity index (χ1n) is 5.85. The summed E-state index contributed by atoms with van der Waals surface area (Å²) in [7, 11) is 1.79. The summed E-state index contributed by atoms with van der Waals surface area (Å²) in [5, 5.41) is 3.67. The van der Waals surface area contributed by atoms with Crippen LogP contribution >= 0.6 is 0 Å². The molecule has 3 heteroatoms. The molecular formula is C11H22N2O. The van der Waals surface area contributed by atoms with Crippen molar-refractivity contribution >= 4 is 0 Å². The molecule has 0 aromatic rings. The van der Waals surface area contributed by atoms with Crippen LogP contribution in [0.2, 0.25) is 0 Å². The summed E-state index contributed by atoms with van der Waals surface area (Å²) < 4.78 is 5.13. The minimum atomic E-state index is 0.759. The van der Waals surface area contributed by atoms with Crippen LogP contribution in [0.3, 0.4) is 0 Å². The molecule has 1 saturated heterocycles. The lowest BCUT2D eigenvalue weighted by atomic mass is 10.2. The lowest BCUT2D eigenvalue weighted by Crippen LogP contribution is -2.40. The molecule has 1 heterocycles. The zero-order valence-electron chi connectivity index (χ0n) is 9.17. The first-order valence-corrected chi connectivity index (χ1v) is 5.85. The van der Waals surface area contributed by atoms with Gasteiger partial charge in [0, 0.05) is 26.2 Å². The van der Waals surface area contributed by atoms with Gasteiger partial charge in [-0.25, -0.2) is 0 Å². The van der Waals surface area contributed by atoms with Crippen LogP contribution in [0.15, 0.2) is 0 Å². The maximum atomic E-state index is 5.13. The van der Waals surface area contributed by atoms with Crippen LogP contribution < -0.4 is 5.32 Å². The standard InChI is InChI=1S/C11H22N2O/c1-14-8-7-13-6-2-5-12-11(9-13)10-3-4-10/h10-12H,2-9H2,1H3. The highest BCUT2D eigenvalue weighted by Crippen LogP contribution is 2.33. The number of rotatable bonds is 4. The van der Waals surface area contributed by atoms with E-state index >= 15 is 0 Å². The first-order chi connectivity index (χ1) is 6.90. The van der Waals surface area contributed by atoms with Crippen LogP contribution in [0.4, 0.5) is 0 Å². The van der Waals surface area contributed by atoms with Crippen molar-refractivity contribution in [3.8, 4) is 0 Å². The van der Waals surface area contributed by atoms with E-state index < -0.39 is 0 Å². The van der Waals surface area contributed by atoms with Gasteiger partial charge in [0.15, 0.2) is 0 Å². The average molecular weight is 198 g/mol. The average Bonchev–Trinajstić information content (AvgIpc) is 3.00. The molecule has 1 atom stereocenters. The van der Waals surface area contributed by atoms with Gasteiger partial charge in [-0.05, 0) is 38.3 Å². The van der Waals surface area contributed by atoms with Crippen molar-refractivity contribution in [1.29, 1.82) is 0 Å². The Morgan fingerprint density at radius 1 is 1.43 bits per heavy atom. The monoisotopic (exact) mass is 198 g/mol. The van der Waals surface area contributed by atoms with Gasteiger partial charge in [-0.15, -0.1) is 0 Å². The van der Waals surface area contributed by atoms with E-state index in [0.717, 1.165) is 25.1 Å². The van der Waals surface area contributed by atoms with Crippen LogP contribution in [0.25, 0.3) is 0 Å². The molecule has 2 fully saturated rings. The van der Waals surface area contributed by atoms with E-state index in [0.29, 0.717) is 0 Å². The van der Waals surface area contributed by atoms with Crippen molar-refractivity contribution < 1.29 is 4.74 Å². The highest BCUT2D eigenvalue weighted by Gasteiger charge is 2.32. The molecule has 1 saturated carbocycles. The van der Waals surface area contributed by atoms with Gasteiger partial charge in [0.05, 0.1) is 6.61 Å². The summed E-state index contributed by atoms with van der Waals surface area (Å²) in [6.45, 7) is 5.64. The Bertz CT molecular complexity index is 171. The predicted octanol–water partition coefficient (Wildman–Crippen LogP) is 0.707. The van der Waals surface area contributed by atoms with Crippen molar-refractivity contribution in [2.24, 2.45) is 5.92 Å². The quantitative estimate of drug-likeness (QED) is 0.720. The van der Waals surface area contributed by atoms with Crippen LogP contribution in [-0.2, 0) is 4.74 Å². The Hall–Kier alpha value is -0.120. The van der Waals surface area contributed by atoms with Crippen molar-refractivity contribution in [1.82, 2.24) is 10.2 Å². The number of methoxy groups -OCH3 is 1. The molecule has 0 bridgehead atoms. The van der Waals surface area contributed by atoms with Crippen molar-refractivity contribution in [2.45, 2.75) is 25.3 Å². The maximum Gasteiger partial charge on any atom is 0.0589 e. The van der Waals surface area contributed by atoms with Gasteiger partial charge >= 0.3 is 0 Å². The lowest BCUT2D eigenvalue weighted by Gasteiger charge is -2.23. The molecule has 0 aromatic carbocycles. The van der Waals surface area contributed by atoms with Gasteiger partial charge in [-0.1, -0.05) is 0 Å². The molecule has 0 radical (unpaired) electrons. The maximum absolute atomic E-state index is 5.13. The molecule has 14 heavy (non-hydrogen) atoms. The smallest absolute Gasteiger partial charge is 0.0589 e. The fourth-order valence-corrected chi connectivity index (χ4v) is 2.26. The summed E-state index contributed by atoms with van der Waals surface area (Å²) in [6, 6.07) is 0.759. The number of hydrogen-bond donors (Lipinski definition) is 1. The van der Waals surface area contributed by atoms with E-state index in [1.807, 2.05) is 0 Å². The third-order valence-corrected chi connectivity index (χ3v) is 3.32. The Labute approximate surface area is 86.8 Å². The summed E-state index contributed by atoms with van der Waals surface area (Å²) >= 11 is 0. The topological polar surface area (TPSA) is 24.5 Å². The number of hydrogen-bond acceptors (Lipinski definition) is 3. The highest BCUT2D eigenvalue weighted by molar-refractivity contribution is 4.89. The molecule has 82 valence electrons. The number of ether oxygens (including phenoxy) is 1. The Morgan fingerprint density at radius 3 is 3.00 bits per heavy atom. The Kier molecular flexibility index (Phi) is 3.79. The zero-order valence-corrected chi connectivity index (χ0v) is 9.17. The van der Waals surface area contributed by atoms with Crippen LogP contribution in [0.5, 0.6) is 0 Å². The molecule has 0 aromatic heterocycles. The Morgan fingerprint density at radius 2 is 2.29 bits per heavy atom. The molecular weight excluding hydrogens is 176 g/mol. The fraction of sp³-hybridized carbons (Fsp3) is 1.00. The summed E-state index contributed by atoms with van der Waals surface area (Å²) in [5.74, 6) is 0.971. The van der Waals surface area contributed by atoms with E-state index in [2.05, 4.69) is 10.2 Å². The van der Waals surface area contributed by atoms with Crippen LogP contribution in [0, 0.1) is 5.92 Å². The lowest BCUT2D eigenvalue weighted by molar-refractivity contribution is 0.145. The second-order valence-electron chi connectivity index (χ2n) is 4.55. The molecule has 1 aliphatic heterocycles. The summed E-state index contributed by atoms with van der Waals surface area (Å²) in [5.41, 5.74) is 0. The van der Waals surface area contributed by atoms with E-state index in [-0.39, 0.29) is 0 Å². The fourth-order valence-electron chi connectivity index (χ4n) is 2.26. The van der Waals surface area contributed by atoms with Crippen LogP contribution in [0.1, 0.15) is 19.3 Å². The van der Waals surface area contributed by atoms with Crippen molar-refractivity contribution in [2.75, 3.05) is 39.9 Å². The minimum absolute atomic E-state index is 0.759. The SMILES string of the molecule is COCCN1CCCNC(C2CC2)C1. The largest absolute Gasteiger partial charge is 0.383 e. The van der Waals surface area contributed by atoms with Gasteiger partial charge in [0.1, 0.15) is 0 Å². The van der Waals surface area contributed by atoms with Crippen LogP contribution in [-0.4, -0.2) is 50.8 Å². The molecule has 2 aliphatic rings. The van der Waals surface area contributed by atoms with E-state index in [1.54, 1.807) is 7.11 Å². The minimum Gasteiger partial charge on any atom is -0.383 e.